The number of benzene rings is 1. The van der Waals surface area contributed by atoms with E-state index in [2.05, 4.69) is 4.98 Å². The predicted molar refractivity (Wildman–Crippen MR) is 60.1 cm³/mol. The molecule has 0 saturated heterocycles. The van der Waals surface area contributed by atoms with Gasteiger partial charge in [0.25, 0.3) is 0 Å². The van der Waals surface area contributed by atoms with Crippen LogP contribution in [0.4, 0.5) is 13.2 Å². The molecule has 6 heteroatoms. The average Bonchev–Trinajstić information content (AvgIpc) is 2.60. The van der Waals surface area contributed by atoms with Crippen molar-refractivity contribution in [3.05, 3.63) is 28.8 Å². The van der Waals surface area contributed by atoms with E-state index in [0.29, 0.717) is 10.5 Å². The van der Waals surface area contributed by atoms with Crippen molar-refractivity contribution in [2.24, 2.45) is 0 Å². The van der Waals surface area contributed by atoms with E-state index in [9.17, 15) is 13.2 Å². The normalized spacial score (nSPS) is 14.2. The number of nitrogens with zero attached hydrogens (tertiary/aromatic N) is 1. The minimum Gasteiger partial charge on any atom is -0.383 e. The van der Waals surface area contributed by atoms with Crippen LogP contribution in [0.15, 0.2) is 18.2 Å². The Kier molecular flexibility index (Phi) is 3.09. The van der Waals surface area contributed by atoms with Gasteiger partial charge in [-0.25, -0.2) is 4.98 Å². The SMILES string of the molecule is Cc1cccc2sc(CC(O)C(F)(F)F)nc12. The van der Waals surface area contributed by atoms with Crippen LogP contribution in [0.2, 0.25) is 0 Å². The van der Waals surface area contributed by atoms with Crippen LogP contribution in [-0.4, -0.2) is 22.4 Å². The molecule has 0 spiro atoms. The summed E-state index contributed by atoms with van der Waals surface area (Å²) in [6.07, 6.45) is -7.42. The Morgan fingerprint density at radius 2 is 2.12 bits per heavy atom. The molecule has 1 aromatic heterocycles. The Balaban J connectivity index is 2.29. The van der Waals surface area contributed by atoms with Gasteiger partial charge in [0.1, 0.15) is 0 Å². The lowest BCUT2D eigenvalue weighted by Crippen LogP contribution is -2.30. The van der Waals surface area contributed by atoms with Crippen LogP contribution < -0.4 is 0 Å². The average molecular weight is 261 g/mol. The molecule has 0 fully saturated rings. The number of fused-ring (bicyclic) bond motifs is 1. The maximum atomic E-state index is 12.2. The molecule has 0 aliphatic carbocycles. The summed E-state index contributed by atoms with van der Waals surface area (Å²) in [6.45, 7) is 1.85. The van der Waals surface area contributed by atoms with E-state index in [1.165, 1.54) is 11.3 Å². The van der Waals surface area contributed by atoms with Gasteiger partial charge in [-0.3, -0.25) is 0 Å². The van der Waals surface area contributed by atoms with Crippen molar-refractivity contribution < 1.29 is 18.3 Å². The molecule has 0 amide bonds. The summed E-state index contributed by atoms with van der Waals surface area (Å²) >= 11 is 1.18. The van der Waals surface area contributed by atoms with E-state index in [0.717, 1.165) is 10.3 Å². The second-order valence-electron chi connectivity index (χ2n) is 3.79. The molecule has 2 aromatic rings. The molecular formula is C11H10F3NOS. The third-order valence-corrected chi connectivity index (χ3v) is 3.45. The van der Waals surface area contributed by atoms with Gasteiger partial charge < -0.3 is 5.11 Å². The number of aliphatic hydroxyl groups is 1. The van der Waals surface area contributed by atoms with Gasteiger partial charge in [-0.1, -0.05) is 12.1 Å². The number of rotatable bonds is 2. The fraction of sp³-hybridized carbons (Fsp3) is 0.364. The molecule has 2 rings (SSSR count). The molecular weight excluding hydrogens is 251 g/mol. The largest absolute Gasteiger partial charge is 0.414 e. The lowest BCUT2D eigenvalue weighted by atomic mass is 10.2. The first-order valence-corrected chi connectivity index (χ1v) is 5.79. The molecule has 0 radical (unpaired) electrons. The number of aromatic nitrogens is 1. The Hall–Kier alpha value is -1.14. The number of aliphatic hydroxyl groups excluding tert-OH is 1. The molecule has 2 nitrogen and oxygen atoms in total. The van der Waals surface area contributed by atoms with Crippen molar-refractivity contribution in [3.63, 3.8) is 0 Å². The number of hydrogen-bond acceptors (Lipinski definition) is 3. The van der Waals surface area contributed by atoms with Gasteiger partial charge in [0.15, 0.2) is 6.10 Å². The van der Waals surface area contributed by atoms with E-state index in [1.807, 2.05) is 25.1 Å². The van der Waals surface area contributed by atoms with E-state index in [1.54, 1.807) is 0 Å². The minimum absolute atomic E-state index is 0.305. The molecule has 1 aromatic carbocycles. The van der Waals surface area contributed by atoms with Crippen LogP contribution in [0.25, 0.3) is 10.2 Å². The molecule has 1 heterocycles. The van der Waals surface area contributed by atoms with Gasteiger partial charge in [0.2, 0.25) is 0 Å². The Bertz CT molecular complexity index is 535. The Morgan fingerprint density at radius 3 is 2.71 bits per heavy atom. The fourth-order valence-corrected chi connectivity index (χ4v) is 2.58. The lowest BCUT2D eigenvalue weighted by molar-refractivity contribution is -0.203. The van der Waals surface area contributed by atoms with E-state index in [-0.39, 0.29) is 0 Å². The van der Waals surface area contributed by atoms with Crippen LogP contribution in [0.5, 0.6) is 0 Å². The van der Waals surface area contributed by atoms with Gasteiger partial charge in [0, 0.05) is 6.42 Å². The third kappa shape index (κ3) is 2.58. The summed E-state index contributed by atoms with van der Waals surface area (Å²) in [6, 6.07) is 5.50. The monoisotopic (exact) mass is 261 g/mol. The number of halogens is 3. The molecule has 92 valence electrons. The third-order valence-electron chi connectivity index (χ3n) is 2.41. The Morgan fingerprint density at radius 1 is 1.41 bits per heavy atom. The van der Waals surface area contributed by atoms with E-state index < -0.39 is 18.7 Å². The second-order valence-corrected chi connectivity index (χ2v) is 4.91. The summed E-state index contributed by atoms with van der Waals surface area (Å²) in [7, 11) is 0. The maximum absolute atomic E-state index is 12.2. The first-order chi connectivity index (χ1) is 7.88. The first-order valence-electron chi connectivity index (χ1n) is 4.98. The van der Waals surface area contributed by atoms with Crippen LogP contribution in [0.1, 0.15) is 10.6 Å². The standard InChI is InChI=1S/C11H10F3NOS/c1-6-3-2-4-7-10(6)15-9(17-7)5-8(16)11(12,13)14/h2-4,8,16H,5H2,1H3. The van der Waals surface area contributed by atoms with Gasteiger partial charge >= 0.3 is 6.18 Å². The topological polar surface area (TPSA) is 33.1 Å². The first kappa shape index (κ1) is 12.3. The van der Waals surface area contributed by atoms with Gasteiger partial charge in [-0.05, 0) is 18.6 Å². The zero-order chi connectivity index (χ0) is 12.6. The lowest BCUT2D eigenvalue weighted by Gasteiger charge is -2.12. The minimum atomic E-state index is -4.59. The van der Waals surface area contributed by atoms with E-state index in [4.69, 9.17) is 5.11 Å². The molecule has 1 unspecified atom stereocenters. The molecule has 0 saturated carbocycles. The number of hydrogen-bond donors (Lipinski definition) is 1. The molecule has 0 bridgehead atoms. The summed E-state index contributed by atoms with van der Waals surface area (Å²) in [5, 5.41) is 9.28. The van der Waals surface area contributed by atoms with E-state index >= 15 is 0 Å². The van der Waals surface area contributed by atoms with Crippen molar-refractivity contribution in [2.45, 2.75) is 25.6 Å². The van der Waals surface area contributed by atoms with Crippen molar-refractivity contribution >= 4 is 21.6 Å². The number of aryl methyl sites for hydroxylation is 1. The number of thiazole rings is 1. The zero-order valence-electron chi connectivity index (χ0n) is 8.95. The highest BCUT2D eigenvalue weighted by Gasteiger charge is 2.38. The molecule has 0 aliphatic heterocycles. The van der Waals surface area contributed by atoms with Gasteiger partial charge in [0.05, 0.1) is 15.2 Å². The second kappa shape index (κ2) is 4.27. The summed E-state index contributed by atoms with van der Waals surface area (Å²) in [4.78, 5) is 4.12. The quantitative estimate of drug-likeness (QED) is 0.901. The molecule has 1 atom stereocenters. The van der Waals surface area contributed by atoms with Gasteiger partial charge in [-0.15, -0.1) is 11.3 Å². The van der Waals surface area contributed by atoms with Crippen molar-refractivity contribution in [3.8, 4) is 0 Å². The Labute approximate surface area is 99.7 Å². The molecule has 0 aliphatic rings. The van der Waals surface area contributed by atoms with Crippen molar-refractivity contribution in [1.82, 2.24) is 4.98 Å². The van der Waals surface area contributed by atoms with Crippen LogP contribution in [0.3, 0.4) is 0 Å². The summed E-state index contributed by atoms with van der Waals surface area (Å²) in [5.74, 6) is 0. The van der Waals surface area contributed by atoms with Crippen molar-refractivity contribution in [2.75, 3.05) is 0 Å². The van der Waals surface area contributed by atoms with Crippen LogP contribution in [-0.2, 0) is 6.42 Å². The highest BCUT2D eigenvalue weighted by atomic mass is 32.1. The molecule has 1 N–H and O–H groups in total. The van der Waals surface area contributed by atoms with Crippen LogP contribution >= 0.6 is 11.3 Å². The number of para-hydroxylation sites is 1. The fourth-order valence-electron chi connectivity index (χ4n) is 1.50. The van der Waals surface area contributed by atoms with Crippen LogP contribution in [0, 0.1) is 6.92 Å². The van der Waals surface area contributed by atoms with Crippen molar-refractivity contribution in [1.29, 1.82) is 0 Å². The molecule has 17 heavy (non-hydrogen) atoms. The highest BCUT2D eigenvalue weighted by molar-refractivity contribution is 7.18. The number of alkyl halides is 3. The predicted octanol–water partition coefficient (Wildman–Crippen LogP) is 3.07. The summed E-state index contributed by atoms with van der Waals surface area (Å²) in [5.41, 5.74) is 1.63. The summed E-state index contributed by atoms with van der Waals surface area (Å²) < 4.78 is 37.4. The highest BCUT2D eigenvalue weighted by Crippen LogP contribution is 2.28. The zero-order valence-corrected chi connectivity index (χ0v) is 9.77. The maximum Gasteiger partial charge on any atom is 0.414 e. The smallest absolute Gasteiger partial charge is 0.383 e. The van der Waals surface area contributed by atoms with Gasteiger partial charge in [-0.2, -0.15) is 13.2 Å².